The first-order valence-corrected chi connectivity index (χ1v) is 12.2. The van der Waals surface area contributed by atoms with Crippen molar-refractivity contribution in [2.24, 2.45) is 10.2 Å². The van der Waals surface area contributed by atoms with Crippen molar-refractivity contribution < 1.29 is 4.79 Å². The second kappa shape index (κ2) is 8.56. The lowest BCUT2D eigenvalue weighted by Crippen LogP contribution is -2.54. The van der Waals surface area contributed by atoms with Crippen LogP contribution in [0.15, 0.2) is 125 Å². The van der Waals surface area contributed by atoms with Gasteiger partial charge in [0.1, 0.15) is 0 Å². The van der Waals surface area contributed by atoms with Gasteiger partial charge in [-0.1, -0.05) is 91.0 Å². The van der Waals surface area contributed by atoms with Crippen LogP contribution in [0.1, 0.15) is 23.6 Å². The van der Waals surface area contributed by atoms with E-state index in [4.69, 9.17) is 10.2 Å². The summed E-state index contributed by atoms with van der Waals surface area (Å²) in [5.74, 6) is -0.0730. The van der Waals surface area contributed by atoms with Crippen molar-refractivity contribution in [1.82, 2.24) is 0 Å². The Morgan fingerprint density at radius 2 is 1.20 bits per heavy atom. The molecule has 2 aliphatic rings. The van der Waals surface area contributed by atoms with E-state index in [2.05, 4.69) is 24.3 Å². The van der Waals surface area contributed by atoms with Gasteiger partial charge in [-0.2, -0.15) is 10.2 Å². The van der Waals surface area contributed by atoms with Gasteiger partial charge in [-0.3, -0.25) is 4.79 Å². The van der Waals surface area contributed by atoms with Crippen LogP contribution in [0.4, 0.5) is 11.4 Å². The summed E-state index contributed by atoms with van der Waals surface area (Å²) in [5, 5.41) is 14.5. The number of benzene rings is 4. The Bertz CT molecular complexity index is 1450. The van der Waals surface area contributed by atoms with Crippen LogP contribution in [-0.4, -0.2) is 16.5 Å². The number of rotatable bonds is 4. The zero-order valence-electron chi connectivity index (χ0n) is 19.1. The van der Waals surface area contributed by atoms with Gasteiger partial charge in [-0.25, -0.2) is 10.0 Å². The van der Waals surface area contributed by atoms with E-state index < -0.39 is 4.99 Å². The number of nitrogens with zero attached hydrogens (tertiary/aromatic N) is 4. The van der Waals surface area contributed by atoms with Crippen LogP contribution in [-0.2, 0) is 9.79 Å². The molecular formula is C29H22N4OS. The average Bonchev–Trinajstić information content (AvgIpc) is 3.32. The molecule has 4 aromatic rings. The van der Waals surface area contributed by atoms with Crippen molar-refractivity contribution in [2.75, 3.05) is 10.0 Å². The van der Waals surface area contributed by atoms with Crippen LogP contribution in [0.5, 0.6) is 0 Å². The second-order valence-electron chi connectivity index (χ2n) is 8.33. The van der Waals surface area contributed by atoms with Crippen molar-refractivity contribution in [3.8, 4) is 0 Å². The molecule has 0 amide bonds. The van der Waals surface area contributed by atoms with E-state index in [1.54, 1.807) is 6.92 Å². The molecule has 0 aliphatic carbocycles. The van der Waals surface area contributed by atoms with Crippen LogP contribution < -0.4 is 10.0 Å². The Morgan fingerprint density at radius 1 is 0.686 bits per heavy atom. The standard InChI is InChI=1S/C29H22N4OS/c1-21(34)28-31-33(24-17-9-4-10-18-24)29(35-28)26-20-12-11-19-25(26)27(22-13-5-2-6-14-22)30-32(29)23-15-7-3-8-16-23/h2-20H,1H3/t29-/m0/s1. The fraction of sp³-hybridized carbons (Fsp3) is 0.0690. The monoisotopic (exact) mass is 474 g/mol. The van der Waals surface area contributed by atoms with Gasteiger partial charge in [0.2, 0.25) is 4.99 Å². The zero-order valence-corrected chi connectivity index (χ0v) is 19.9. The molecule has 2 heterocycles. The fourth-order valence-corrected chi connectivity index (χ4v) is 5.81. The lowest BCUT2D eigenvalue weighted by Gasteiger charge is -2.47. The smallest absolute Gasteiger partial charge is 0.234 e. The highest BCUT2D eigenvalue weighted by atomic mass is 32.2. The lowest BCUT2D eigenvalue weighted by atomic mass is 9.93. The molecule has 6 heteroatoms. The summed E-state index contributed by atoms with van der Waals surface area (Å²) in [7, 11) is 0. The summed E-state index contributed by atoms with van der Waals surface area (Å²) in [6, 6.07) is 38.5. The van der Waals surface area contributed by atoms with Crippen LogP contribution >= 0.6 is 11.8 Å². The predicted molar refractivity (Wildman–Crippen MR) is 144 cm³/mol. The molecule has 2 aliphatic heterocycles. The van der Waals surface area contributed by atoms with Gasteiger partial charge in [0.15, 0.2) is 10.8 Å². The van der Waals surface area contributed by atoms with Gasteiger partial charge < -0.3 is 0 Å². The molecule has 0 fully saturated rings. The van der Waals surface area contributed by atoms with E-state index in [0.29, 0.717) is 5.04 Å². The van der Waals surface area contributed by atoms with Gasteiger partial charge in [-0.05, 0) is 36.0 Å². The molecule has 1 spiro atoms. The van der Waals surface area contributed by atoms with E-state index in [0.717, 1.165) is 33.8 Å². The number of hydrogen-bond donors (Lipinski definition) is 0. The first-order valence-electron chi connectivity index (χ1n) is 11.4. The highest BCUT2D eigenvalue weighted by Gasteiger charge is 2.55. The lowest BCUT2D eigenvalue weighted by molar-refractivity contribution is -0.110. The molecule has 0 saturated heterocycles. The van der Waals surface area contributed by atoms with Crippen LogP contribution in [0, 0.1) is 0 Å². The predicted octanol–water partition coefficient (Wildman–Crippen LogP) is 6.23. The van der Waals surface area contributed by atoms with E-state index in [1.165, 1.54) is 11.8 Å². The number of carbonyl (C=O) groups excluding carboxylic acids is 1. The summed E-state index contributed by atoms with van der Waals surface area (Å²) in [4.78, 5) is 11.7. The topological polar surface area (TPSA) is 48.3 Å². The molecule has 4 aromatic carbocycles. The summed E-state index contributed by atoms with van der Waals surface area (Å²) < 4.78 is 0. The molecule has 35 heavy (non-hydrogen) atoms. The number of thioether (sulfide) groups is 1. The maximum Gasteiger partial charge on any atom is 0.234 e. The molecule has 1 atom stereocenters. The highest BCUT2D eigenvalue weighted by Crippen LogP contribution is 2.54. The quantitative estimate of drug-likeness (QED) is 0.352. The van der Waals surface area contributed by atoms with Gasteiger partial charge >= 0.3 is 0 Å². The Labute approximate surface area is 208 Å². The van der Waals surface area contributed by atoms with E-state index in [-0.39, 0.29) is 5.78 Å². The Kier molecular flexibility index (Phi) is 5.23. The number of Topliss-reactive ketones (excluding diaryl/α,β-unsaturated/α-hetero) is 1. The van der Waals surface area contributed by atoms with Gasteiger partial charge in [-0.15, -0.1) is 0 Å². The van der Waals surface area contributed by atoms with Gasteiger partial charge in [0, 0.05) is 23.6 Å². The minimum absolute atomic E-state index is 0.0730. The second-order valence-corrected chi connectivity index (χ2v) is 9.49. The van der Waals surface area contributed by atoms with Crippen LogP contribution in [0.25, 0.3) is 0 Å². The highest BCUT2D eigenvalue weighted by molar-refractivity contribution is 8.17. The van der Waals surface area contributed by atoms with E-state index in [1.807, 2.05) is 101 Å². The Morgan fingerprint density at radius 3 is 1.80 bits per heavy atom. The van der Waals surface area contributed by atoms with Crippen molar-refractivity contribution in [3.05, 3.63) is 132 Å². The number of fused-ring (bicyclic) bond motifs is 2. The van der Waals surface area contributed by atoms with Gasteiger partial charge in [0.05, 0.1) is 17.1 Å². The van der Waals surface area contributed by atoms with Crippen molar-refractivity contribution in [3.63, 3.8) is 0 Å². The number of hydrazone groups is 2. The normalized spacial score (nSPS) is 18.8. The van der Waals surface area contributed by atoms with Crippen LogP contribution in [0.2, 0.25) is 0 Å². The zero-order chi connectivity index (χ0) is 23.8. The third-order valence-electron chi connectivity index (χ3n) is 6.09. The molecule has 5 nitrogen and oxygen atoms in total. The van der Waals surface area contributed by atoms with Gasteiger partial charge in [0.25, 0.3) is 0 Å². The summed E-state index contributed by atoms with van der Waals surface area (Å²) in [6.07, 6.45) is 0. The molecule has 0 N–H and O–H groups in total. The third-order valence-corrected chi connectivity index (χ3v) is 7.50. The molecule has 0 bridgehead atoms. The fourth-order valence-electron chi connectivity index (χ4n) is 4.52. The van der Waals surface area contributed by atoms with Crippen LogP contribution in [0.3, 0.4) is 0 Å². The minimum Gasteiger partial charge on any atom is -0.292 e. The molecule has 0 radical (unpaired) electrons. The summed E-state index contributed by atoms with van der Waals surface area (Å²) in [5.41, 5.74) is 5.72. The Hall–Kier alpha value is -4.16. The Balaban J connectivity index is 1.67. The largest absolute Gasteiger partial charge is 0.292 e. The summed E-state index contributed by atoms with van der Waals surface area (Å²) >= 11 is 1.43. The number of hydrogen-bond acceptors (Lipinski definition) is 6. The molecular weight excluding hydrogens is 452 g/mol. The molecule has 0 saturated carbocycles. The molecule has 170 valence electrons. The number of ketones is 1. The first kappa shape index (κ1) is 21.4. The average molecular weight is 475 g/mol. The maximum atomic E-state index is 12.7. The van der Waals surface area contributed by atoms with Crippen molar-refractivity contribution in [2.45, 2.75) is 11.9 Å². The molecule has 6 rings (SSSR count). The van der Waals surface area contributed by atoms with E-state index >= 15 is 0 Å². The maximum absolute atomic E-state index is 12.7. The summed E-state index contributed by atoms with van der Waals surface area (Å²) in [6.45, 7) is 1.56. The number of carbonyl (C=O) groups is 1. The molecule has 0 unspecified atom stereocenters. The molecule has 0 aromatic heterocycles. The van der Waals surface area contributed by atoms with Crippen molar-refractivity contribution >= 4 is 39.7 Å². The minimum atomic E-state index is -0.918. The number of para-hydroxylation sites is 2. The third kappa shape index (κ3) is 3.45. The first-order chi connectivity index (χ1) is 17.2. The van der Waals surface area contributed by atoms with E-state index in [9.17, 15) is 4.79 Å². The number of anilines is 2. The SMILES string of the molecule is CC(=O)C1=NN(c2ccccc2)[C@]2(S1)c1ccccc1C(c1ccccc1)=NN2c1ccccc1. The van der Waals surface area contributed by atoms with Crippen molar-refractivity contribution in [1.29, 1.82) is 0 Å².